The van der Waals surface area contributed by atoms with Gasteiger partial charge in [-0.15, -0.1) is 0 Å². The maximum atomic E-state index is 5.38. The minimum Gasteiger partial charge on any atom is -0.309 e. The third kappa shape index (κ3) is 5.64. The summed E-state index contributed by atoms with van der Waals surface area (Å²) in [6, 6.07) is 66.0. The highest BCUT2D eigenvalue weighted by Gasteiger charge is 2.20. The van der Waals surface area contributed by atoms with Gasteiger partial charge >= 0.3 is 0 Å². The van der Waals surface area contributed by atoms with Crippen molar-refractivity contribution < 1.29 is 0 Å². The lowest BCUT2D eigenvalue weighted by Gasteiger charge is -2.14. The molecule has 57 heavy (non-hydrogen) atoms. The Morgan fingerprint density at radius 1 is 0.333 bits per heavy atom. The van der Waals surface area contributed by atoms with Crippen LogP contribution < -0.4 is 0 Å². The summed E-state index contributed by atoms with van der Waals surface area (Å²) in [6.07, 6.45) is 3.61. The van der Waals surface area contributed by atoms with E-state index in [1.165, 1.54) is 27.2 Å². The highest BCUT2D eigenvalue weighted by Crippen LogP contribution is 2.43. The number of benzene rings is 6. The Kier molecular flexibility index (Phi) is 7.74. The number of aromatic nitrogens is 5. The fraction of sp³-hybridized carbons (Fsp3) is 0. The van der Waals surface area contributed by atoms with E-state index in [0.717, 1.165) is 78.3 Å². The minimum atomic E-state index is 0.802. The maximum Gasteiger partial charge on any atom is 0.0900 e. The third-order valence-electron chi connectivity index (χ3n) is 10.9. The van der Waals surface area contributed by atoms with Crippen LogP contribution >= 0.6 is 0 Å². The van der Waals surface area contributed by atoms with Gasteiger partial charge in [-0.3, -0.25) is 9.97 Å². The van der Waals surface area contributed by atoms with E-state index >= 15 is 0 Å². The van der Waals surface area contributed by atoms with E-state index in [-0.39, 0.29) is 0 Å². The van der Waals surface area contributed by atoms with Crippen LogP contribution in [0, 0.1) is 0 Å². The molecule has 11 rings (SSSR count). The summed E-state index contributed by atoms with van der Waals surface area (Å²) in [5.41, 5.74) is 14.1. The minimum absolute atomic E-state index is 0.802. The van der Waals surface area contributed by atoms with Crippen LogP contribution in [0.25, 0.3) is 105 Å². The zero-order valence-corrected chi connectivity index (χ0v) is 30.8. The normalized spacial score (nSPS) is 11.5. The van der Waals surface area contributed by atoms with Gasteiger partial charge in [0.2, 0.25) is 0 Å². The molecule has 0 aliphatic rings. The van der Waals surface area contributed by atoms with Gasteiger partial charge in [0.05, 0.1) is 45.0 Å². The van der Waals surface area contributed by atoms with Crippen LogP contribution in [-0.2, 0) is 0 Å². The number of rotatable bonds is 6. The van der Waals surface area contributed by atoms with Crippen molar-refractivity contribution in [1.82, 2.24) is 24.5 Å². The predicted molar refractivity (Wildman–Crippen MR) is 234 cm³/mol. The zero-order valence-electron chi connectivity index (χ0n) is 30.8. The molecule has 0 saturated heterocycles. The van der Waals surface area contributed by atoms with Crippen molar-refractivity contribution in [1.29, 1.82) is 0 Å². The van der Waals surface area contributed by atoms with Crippen molar-refractivity contribution in [2.45, 2.75) is 0 Å². The van der Waals surface area contributed by atoms with Gasteiger partial charge in [-0.05, 0) is 101 Å². The van der Waals surface area contributed by atoms with Gasteiger partial charge in [0.15, 0.2) is 0 Å². The van der Waals surface area contributed by atoms with Crippen LogP contribution in [0.15, 0.2) is 200 Å². The lowest BCUT2D eigenvalue weighted by Crippen LogP contribution is -1.94. The lowest BCUT2D eigenvalue weighted by atomic mass is 9.94. The van der Waals surface area contributed by atoms with Crippen LogP contribution in [-0.4, -0.2) is 24.5 Å². The standard InChI is InChI=1S/C52H33N5/c1-2-18-39(19-3-1)57-48-25-7-5-21-41(48)51-49(57)27-26-42-50(51)40-20-4-6-22-43(40)56-52(42)37-17-13-15-35(31-37)34-14-12-16-36(30-34)38-32-46(44-23-8-10-28-53-44)55-47(33-38)45-24-9-11-29-54-45/h1-33H. The fourth-order valence-corrected chi connectivity index (χ4v) is 8.29. The largest absolute Gasteiger partial charge is 0.309 e. The SMILES string of the molecule is c1ccc(-n2c3ccccc3c3c4c(ccc32)c(-c2cccc(-c3cccc(-c5cc(-c6ccccn6)nc(-c6ccccn6)c5)c3)c2)nc2ccccc24)cc1. The molecule has 5 heteroatoms. The monoisotopic (exact) mass is 727 g/mol. The molecule has 0 fully saturated rings. The van der Waals surface area contributed by atoms with Gasteiger partial charge < -0.3 is 4.57 Å². The lowest BCUT2D eigenvalue weighted by molar-refractivity contribution is 1.18. The summed E-state index contributed by atoms with van der Waals surface area (Å²) in [4.78, 5) is 19.6. The van der Waals surface area contributed by atoms with Crippen molar-refractivity contribution in [3.05, 3.63) is 200 Å². The summed E-state index contributed by atoms with van der Waals surface area (Å²) in [7, 11) is 0. The topological polar surface area (TPSA) is 56.5 Å². The Morgan fingerprint density at radius 3 is 1.63 bits per heavy atom. The Bertz CT molecular complexity index is 3220. The van der Waals surface area contributed by atoms with Gasteiger partial charge in [-0.25, -0.2) is 9.97 Å². The molecule has 11 aromatic rings. The quantitative estimate of drug-likeness (QED) is 0.160. The van der Waals surface area contributed by atoms with Gasteiger partial charge in [0, 0.05) is 50.6 Å². The summed E-state index contributed by atoms with van der Waals surface area (Å²) in [5, 5.41) is 5.96. The highest BCUT2D eigenvalue weighted by molar-refractivity contribution is 6.29. The Balaban J connectivity index is 1.08. The van der Waals surface area contributed by atoms with E-state index in [1.807, 2.05) is 36.4 Å². The first kappa shape index (κ1) is 32.7. The van der Waals surface area contributed by atoms with Crippen molar-refractivity contribution >= 4 is 43.5 Å². The second-order valence-electron chi connectivity index (χ2n) is 14.3. The van der Waals surface area contributed by atoms with E-state index in [2.05, 4.69) is 166 Å². The fourth-order valence-electron chi connectivity index (χ4n) is 8.29. The molecular weight excluding hydrogens is 695 g/mol. The first-order valence-corrected chi connectivity index (χ1v) is 19.1. The number of fused-ring (bicyclic) bond motifs is 7. The number of para-hydroxylation sites is 3. The molecule has 0 amide bonds. The summed E-state index contributed by atoms with van der Waals surface area (Å²) in [5.74, 6) is 0. The molecule has 0 aliphatic carbocycles. The average Bonchev–Trinajstić information content (AvgIpc) is 3.64. The molecule has 0 N–H and O–H groups in total. The first-order chi connectivity index (χ1) is 28.3. The second-order valence-corrected chi connectivity index (χ2v) is 14.3. The molecule has 0 saturated carbocycles. The Hall–Kier alpha value is -7.76. The molecule has 5 nitrogen and oxygen atoms in total. The van der Waals surface area contributed by atoms with Crippen LogP contribution in [0.3, 0.4) is 0 Å². The smallest absolute Gasteiger partial charge is 0.0900 e. The van der Waals surface area contributed by atoms with Crippen molar-refractivity contribution in [3.8, 4) is 62.0 Å². The molecule has 6 aromatic carbocycles. The van der Waals surface area contributed by atoms with E-state index in [9.17, 15) is 0 Å². The molecule has 5 heterocycles. The Morgan fingerprint density at radius 2 is 0.930 bits per heavy atom. The molecule has 266 valence electrons. The molecule has 0 bridgehead atoms. The van der Waals surface area contributed by atoms with Gasteiger partial charge in [-0.1, -0.05) is 109 Å². The van der Waals surface area contributed by atoms with E-state index in [0.29, 0.717) is 0 Å². The van der Waals surface area contributed by atoms with Crippen LogP contribution in [0.2, 0.25) is 0 Å². The summed E-state index contributed by atoms with van der Waals surface area (Å²) >= 11 is 0. The number of hydrogen-bond acceptors (Lipinski definition) is 4. The maximum absolute atomic E-state index is 5.38. The predicted octanol–water partition coefficient (Wildman–Crippen LogP) is 13.0. The van der Waals surface area contributed by atoms with E-state index in [4.69, 9.17) is 9.97 Å². The molecule has 0 atom stereocenters. The van der Waals surface area contributed by atoms with Crippen molar-refractivity contribution in [2.24, 2.45) is 0 Å². The van der Waals surface area contributed by atoms with E-state index < -0.39 is 0 Å². The molecule has 0 radical (unpaired) electrons. The number of pyridine rings is 4. The molecule has 0 unspecified atom stereocenters. The van der Waals surface area contributed by atoms with Crippen LogP contribution in [0.4, 0.5) is 0 Å². The third-order valence-corrected chi connectivity index (χ3v) is 10.9. The van der Waals surface area contributed by atoms with Crippen molar-refractivity contribution in [3.63, 3.8) is 0 Å². The molecule has 0 aliphatic heterocycles. The summed E-state index contributed by atoms with van der Waals surface area (Å²) < 4.78 is 2.38. The first-order valence-electron chi connectivity index (χ1n) is 19.1. The average molecular weight is 728 g/mol. The van der Waals surface area contributed by atoms with Gasteiger partial charge in [-0.2, -0.15) is 0 Å². The molecular formula is C52H33N5. The van der Waals surface area contributed by atoms with Crippen LogP contribution in [0.1, 0.15) is 0 Å². The summed E-state index contributed by atoms with van der Waals surface area (Å²) in [6.45, 7) is 0. The van der Waals surface area contributed by atoms with Crippen LogP contribution in [0.5, 0.6) is 0 Å². The Labute approximate surface area is 329 Å². The molecule has 5 aromatic heterocycles. The van der Waals surface area contributed by atoms with Gasteiger partial charge in [0.1, 0.15) is 0 Å². The number of nitrogens with zero attached hydrogens (tertiary/aromatic N) is 5. The zero-order chi connectivity index (χ0) is 37.7. The van der Waals surface area contributed by atoms with E-state index in [1.54, 1.807) is 12.4 Å². The highest BCUT2D eigenvalue weighted by atomic mass is 15.0. The van der Waals surface area contributed by atoms with Gasteiger partial charge in [0.25, 0.3) is 0 Å². The number of hydrogen-bond donors (Lipinski definition) is 0. The molecule has 0 spiro atoms. The second kappa shape index (κ2) is 13.5. The van der Waals surface area contributed by atoms with Crippen molar-refractivity contribution in [2.75, 3.05) is 0 Å².